The second-order valence-electron chi connectivity index (χ2n) is 4.26. The molecule has 1 nitrogen and oxygen atoms in total. The lowest BCUT2D eigenvalue weighted by molar-refractivity contribution is 0.0952. The molecule has 0 aliphatic heterocycles. The molecule has 0 bridgehead atoms. The minimum Gasteiger partial charge on any atom is -0.294 e. The van der Waals surface area contributed by atoms with Gasteiger partial charge in [0, 0.05) is 11.5 Å². The highest BCUT2D eigenvalue weighted by molar-refractivity contribution is 6.09. The minimum atomic E-state index is 0.00802. The van der Waals surface area contributed by atoms with Crippen LogP contribution in [-0.2, 0) is 0 Å². The quantitative estimate of drug-likeness (QED) is 0.645. The Hall–Kier alpha value is -1.89. The number of hydrogen-bond donors (Lipinski definition) is 0. The van der Waals surface area contributed by atoms with Crippen molar-refractivity contribution in [1.29, 1.82) is 0 Å². The molecule has 1 atom stereocenters. The third-order valence-corrected chi connectivity index (χ3v) is 3.20. The van der Waals surface area contributed by atoms with E-state index in [0.717, 1.165) is 16.5 Å². The van der Waals surface area contributed by atoms with Crippen molar-refractivity contribution in [1.82, 2.24) is 0 Å². The van der Waals surface area contributed by atoms with E-state index in [4.69, 9.17) is 0 Å². The summed E-state index contributed by atoms with van der Waals surface area (Å²) in [5, 5.41) is 2.35. The molecule has 16 heavy (non-hydrogen) atoms. The number of allylic oxidation sites excluding steroid dienone is 1. The summed E-state index contributed by atoms with van der Waals surface area (Å²) >= 11 is 0. The molecule has 2 aromatic rings. The number of carbonyl (C=O) groups excluding carboxylic acids is 1. The number of hydrogen-bond acceptors (Lipinski definition) is 1. The normalized spacial score (nSPS) is 18.8. The molecule has 0 aromatic heterocycles. The second-order valence-corrected chi connectivity index (χ2v) is 4.26. The van der Waals surface area contributed by atoms with Gasteiger partial charge in [0.25, 0.3) is 0 Å². The van der Waals surface area contributed by atoms with Gasteiger partial charge < -0.3 is 0 Å². The Morgan fingerprint density at radius 2 is 1.88 bits per heavy atom. The van der Waals surface area contributed by atoms with Crippen LogP contribution in [0.4, 0.5) is 0 Å². The van der Waals surface area contributed by atoms with Gasteiger partial charge in [0.15, 0.2) is 5.78 Å². The zero-order chi connectivity index (χ0) is 11.1. The molecule has 0 saturated carbocycles. The summed E-state index contributed by atoms with van der Waals surface area (Å²) in [6.45, 7) is 1.94. The Bertz CT molecular complexity index is 608. The van der Waals surface area contributed by atoms with Crippen LogP contribution >= 0.6 is 0 Å². The van der Waals surface area contributed by atoms with Crippen LogP contribution in [0.2, 0.25) is 0 Å². The van der Waals surface area contributed by atoms with Gasteiger partial charge >= 0.3 is 0 Å². The molecule has 2 aromatic carbocycles. The lowest BCUT2D eigenvalue weighted by Gasteiger charge is -2.16. The van der Waals surface area contributed by atoms with Crippen molar-refractivity contribution in [2.45, 2.75) is 6.92 Å². The van der Waals surface area contributed by atoms with Crippen LogP contribution in [0.25, 0.3) is 16.8 Å². The fraction of sp³-hybridized carbons (Fsp3) is 0.133. The SMILES string of the molecule is CC1C=Cc2c(ccc3ccccc23)C1=O. The third kappa shape index (κ3) is 1.21. The van der Waals surface area contributed by atoms with Crippen LogP contribution < -0.4 is 0 Å². The Kier molecular flexibility index (Phi) is 1.93. The predicted molar refractivity (Wildman–Crippen MR) is 66.5 cm³/mol. The van der Waals surface area contributed by atoms with Crippen LogP contribution in [0.15, 0.2) is 42.5 Å². The van der Waals surface area contributed by atoms with Gasteiger partial charge in [0.2, 0.25) is 0 Å². The number of rotatable bonds is 0. The Balaban J connectivity index is 2.39. The molecule has 1 aliphatic rings. The van der Waals surface area contributed by atoms with Gasteiger partial charge in [-0.05, 0) is 16.3 Å². The molecule has 1 unspecified atom stereocenters. The molecule has 0 radical (unpaired) electrons. The van der Waals surface area contributed by atoms with Gasteiger partial charge in [-0.1, -0.05) is 55.5 Å². The monoisotopic (exact) mass is 208 g/mol. The first kappa shape index (κ1) is 9.34. The summed E-state index contributed by atoms with van der Waals surface area (Å²) in [6.07, 6.45) is 4.06. The summed E-state index contributed by atoms with van der Waals surface area (Å²) in [5.41, 5.74) is 1.93. The van der Waals surface area contributed by atoms with E-state index in [-0.39, 0.29) is 11.7 Å². The van der Waals surface area contributed by atoms with E-state index >= 15 is 0 Å². The summed E-state index contributed by atoms with van der Waals surface area (Å²) in [5.74, 6) is 0.233. The fourth-order valence-electron chi connectivity index (χ4n) is 2.26. The first-order valence-corrected chi connectivity index (χ1v) is 5.51. The molecule has 0 amide bonds. The lowest BCUT2D eigenvalue weighted by atomic mass is 9.86. The topological polar surface area (TPSA) is 17.1 Å². The van der Waals surface area contributed by atoms with E-state index in [1.54, 1.807) is 0 Å². The average Bonchev–Trinajstić information content (AvgIpc) is 2.33. The van der Waals surface area contributed by atoms with Gasteiger partial charge in [0.1, 0.15) is 0 Å². The molecule has 1 aliphatic carbocycles. The Morgan fingerprint density at radius 3 is 2.75 bits per heavy atom. The molecular formula is C15H12O. The van der Waals surface area contributed by atoms with Crippen molar-refractivity contribution in [3.63, 3.8) is 0 Å². The van der Waals surface area contributed by atoms with Gasteiger partial charge in [-0.2, -0.15) is 0 Å². The zero-order valence-corrected chi connectivity index (χ0v) is 9.10. The standard InChI is InChI=1S/C15H12O/c1-10-6-8-13-12-5-3-2-4-11(12)7-9-14(13)15(10)16/h2-10H,1H3. The first-order chi connectivity index (χ1) is 7.77. The van der Waals surface area contributed by atoms with Crippen molar-refractivity contribution in [3.05, 3.63) is 53.6 Å². The first-order valence-electron chi connectivity index (χ1n) is 5.51. The highest BCUT2D eigenvalue weighted by Crippen LogP contribution is 2.29. The Labute approximate surface area is 94.4 Å². The van der Waals surface area contributed by atoms with E-state index in [0.29, 0.717) is 0 Å². The summed E-state index contributed by atoms with van der Waals surface area (Å²) in [7, 11) is 0. The fourth-order valence-corrected chi connectivity index (χ4v) is 2.26. The Morgan fingerprint density at radius 1 is 1.06 bits per heavy atom. The van der Waals surface area contributed by atoms with Crippen molar-refractivity contribution in [2.75, 3.05) is 0 Å². The summed E-state index contributed by atoms with van der Waals surface area (Å²) in [6, 6.07) is 12.1. The van der Waals surface area contributed by atoms with Gasteiger partial charge in [-0.3, -0.25) is 4.79 Å². The number of ketones is 1. The maximum Gasteiger partial charge on any atom is 0.170 e. The van der Waals surface area contributed by atoms with Crippen LogP contribution in [0.3, 0.4) is 0 Å². The summed E-state index contributed by atoms with van der Waals surface area (Å²) in [4.78, 5) is 12.0. The van der Waals surface area contributed by atoms with Crippen LogP contribution in [0.5, 0.6) is 0 Å². The van der Waals surface area contributed by atoms with E-state index in [9.17, 15) is 4.79 Å². The van der Waals surface area contributed by atoms with E-state index < -0.39 is 0 Å². The van der Waals surface area contributed by atoms with Crippen molar-refractivity contribution in [2.24, 2.45) is 5.92 Å². The predicted octanol–water partition coefficient (Wildman–Crippen LogP) is 3.69. The van der Waals surface area contributed by atoms with Gasteiger partial charge in [-0.25, -0.2) is 0 Å². The molecule has 0 spiro atoms. The molecule has 1 heteroatoms. The summed E-state index contributed by atoms with van der Waals surface area (Å²) < 4.78 is 0. The van der Waals surface area contributed by atoms with E-state index in [2.05, 4.69) is 18.2 Å². The zero-order valence-electron chi connectivity index (χ0n) is 9.10. The molecule has 3 rings (SSSR count). The minimum absolute atomic E-state index is 0.00802. The molecule has 78 valence electrons. The third-order valence-electron chi connectivity index (χ3n) is 3.20. The van der Waals surface area contributed by atoms with Gasteiger partial charge in [0.05, 0.1) is 0 Å². The average molecular weight is 208 g/mol. The van der Waals surface area contributed by atoms with Crippen molar-refractivity contribution in [3.8, 4) is 0 Å². The van der Waals surface area contributed by atoms with Crippen LogP contribution in [0, 0.1) is 5.92 Å². The molecule has 0 fully saturated rings. The largest absolute Gasteiger partial charge is 0.294 e. The molecule has 0 saturated heterocycles. The second kappa shape index (κ2) is 3.31. The van der Waals surface area contributed by atoms with Crippen molar-refractivity contribution < 1.29 is 4.79 Å². The highest BCUT2D eigenvalue weighted by Gasteiger charge is 2.20. The van der Waals surface area contributed by atoms with Crippen LogP contribution in [-0.4, -0.2) is 5.78 Å². The molecular weight excluding hydrogens is 196 g/mol. The number of carbonyl (C=O) groups is 1. The van der Waals surface area contributed by atoms with Gasteiger partial charge in [-0.15, -0.1) is 0 Å². The smallest absolute Gasteiger partial charge is 0.170 e. The molecule has 0 N–H and O–H groups in total. The lowest BCUT2D eigenvalue weighted by Crippen LogP contribution is -2.13. The van der Waals surface area contributed by atoms with E-state index in [1.807, 2.05) is 37.3 Å². The maximum absolute atomic E-state index is 12.0. The van der Waals surface area contributed by atoms with E-state index in [1.165, 1.54) is 5.39 Å². The number of fused-ring (bicyclic) bond motifs is 3. The molecule has 0 heterocycles. The van der Waals surface area contributed by atoms with Crippen LogP contribution in [0.1, 0.15) is 22.8 Å². The number of Topliss-reactive ketones (excluding diaryl/α,β-unsaturated/α-hetero) is 1. The maximum atomic E-state index is 12.0. The highest BCUT2D eigenvalue weighted by atomic mass is 16.1. The van der Waals surface area contributed by atoms with Crippen molar-refractivity contribution >= 4 is 22.6 Å². The number of benzene rings is 2.